The first-order valence-electron chi connectivity index (χ1n) is 9.75. The molecular formula is C21H22FN3O3. The number of halogens is 1. The molecule has 1 saturated heterocycles. The standard InChI is InChI=1S/C21H22FN3O3/c22-16-6-13-18(25(12-4-5-12)10-15(20(13)26)21(27)28)7-19(16)24-8-11-2-1-3-17(23)14(11)9-24/h2,6-7,10,12,14,17H,1,3-5,8-9,23H2,(H,27,28)/t14-,17+/m1/s1. The molecule has 1 aromatic carbocycles. The first-order valence-corrected chi connectivity index (χ1v) is 9.75. The van der Waals surface area contributed by atoms with Crippen molar-refractivity contribution < 1.29 is 14.3 Å². The fraction of sp³-hybridized carbons (Fsp3) is 0.429. The number of hydrogen-bond donors (Lipinski definition) is 2. The SMILES string of the molecule is N[C@H]1CCC=C2CN(c3cc4c(cc3F)c(=O)c(C(=O)O)cn4C3CC3)C[C@H]21. The first kappa shape index (κ1) is 17.4. The number of allylic oxidation sites excluding steroid dienone is 1. The molecule has 5 rings (SSSR count). The predicted octanol–water partition coefficient (Wildman–Crippen LogP) is 2.66. The Bertz CT molecular complexity index is 1090. The molecule has 146 valence electrons. The van der Waals surface area contributed by atoms with Crippen LogP contribution in [-0.2, 0) is 0 Å². The number of nitrogens with two attached hydrogens (primary N) is 1. The molecule has 0 amide bonds. The number of nitrogens with zero attached hydrogens (tertiary/aromatic N) is 2. The van der Waals surface area contributed by atoms with Crippen molar-refractivity contribution in [3.63, 3.8) is 0 Å². The van der Waals surface area contributed by atoms with Crippen LogP contribution in [0.3, 0.4) is 0 Å². The maximum Gasteiger partial charge on any atom is 0.341 e. The number of carboxylic acids is 1. The molecule has 0 unspecified atom stereocenters. The normalized spacial score (nSPS) is 24.4. The lowest BCUT2D eigenvalue weighted by Crippen LogP contribution is -2.34. The van der Waals surface area contributed by atoms with E-state index >= 15 is 4.39 Å². The molecule has 3 aliphatic rings. The van der Waals surface area contributed by atoms with Crippen LogP contribution in [0.4, 0.5) is 10.1 Å². The van der Waals surface area contributed by atoms with Gasteiger partial charge in [-0.1, -0.05) is 6.08 Å². The fourth-order valence-electron chi connectivity index (χ4n) is 4.64. The molecule has 7 heteroatoms. The second-order valence-corrected chi connectivity index (χ2v) is 8.14. The van der Waals surface area contributed by atoms with Crippen LogP contribution in [0.25, 0.3) is 10.9 Å². The van der Waals surface area contributed by atoms with Crippen molar-refractivity contribution in [2.24, 2.45) is 11.7 Å². The Morgan fingerprint density at radius 2 is 2.04 bits per heavy atom. The summed E-state index contributed by atoms with van der Waals surface area (Å²) < 4.78 is 16.9. The van der Waals surface area contributed by atoms with Gasteiger partial charge in [0.05, 0.1) is 11.2 Å². The van der Waals surface area contributed by atoms with E-state index in [4.69, 9.17) is 5.73 Å². The van der Waals surface area contributed by atoms with Gasteiger partial charge < -0.3 is 20.3 Å². The van der Waals surface area contributed by atoms with Gasteiger partial charge in [0.1, 0.15) is 11.4 Å². The number of pyridine rings is 1. The predicted molar refractivity (Wildman–Crippen MR) is 104 cm³/mol. The Labute approximate surface area is 161 Å². The second kappa shape index (κ2) is 6.17. The Morgan fingerprint density at radius 3 is 2.71 bits per heavy atom. The molecule has 0 radical (unpaired) electrons. The molecule has 3 N–H and O–H groups in total. The van der Waals surface area contributed by atoms with Crippen molar-refractivity contribution in [2.45, 2.75) is 37.8 Å². The monoisotopic (exact) mass is 383 g/mol. The number of carboxylic acid groups (broad SMARTS) is 1. The Hall–Kier alpha value is -2.67. The van der Waals surface area contributed by atoms with Gasteiger partial charge in [0.2, 0.25) is 5.43 Å². The highest BCUT2D eigenvalue weighted by Gasteiger charge is 2.35. The largest absolute Gasteiger partial charge is 0.477 e. The summed E-state index contributed by atoms with van der Waals surface area (Å²) in [5.74, 6) is -1.54. The molecule has 0 spiro atoms. The van der Waals surface area contributed by atoms with Gasteiger partial charge in [0.15, 0.2) is 0 Å². The molecule has 28 heavy (non-hydrogen) atoms. The van der Waals surface area contributed by atoms with Crippen molar-refractivity contribution >= 4 is 22.6 Å². The quantitative estimate of drug-likeness (QED) is 0.796. The first-order chi connectivity index (χ1) is 13.4. The average Bonchev–Trinajstić information content (AvgIpc) is 3.40. The number of aromatic nitrogens is 1. The third-order valence-electron chi connectivity index (χ3n) is 6.30. The van der Waals surface area contributed by atoms with E-state index in [9.17, 15) is 14.7 Å². The summed E-state index contributed by atoms with van der Waals surface area (Å²) in [5.41, 5.74) is 7.63. The lowest BCUT2D eigenvalue weighted by atomic mass is 9.86. The zero-order valence-electron chi connectivity index (χ0n) is 15.4. The molecule has 2 aromatic rings. The van der Waals surface area contributed by atoms with E-state index in [1.807, 2.05) is 9.47 Å². The van der Waals surface area contributed by atoms with Crippen LogP contribution in [0.1, 0.15) is 42.1 Å². The number of aromatic carboxylic acids is 1. The molecule has 1 aliphatic heterocycles. The zero-order chi connectivity index (χ0) is 19.6. The minimum atomic E-state index is -1.28. The second-order valence-electron chi connectivity index (χ2n) is 8.14. The van der Waals surface area contributed by atoms with Crippen molar-refractivity contribution in [2.75, 3.05) is 18.0 Å². The van der Waals surface area contributed by atoms with Crippen LogP contribution < -0.4 is 16.1 Å². The molecule has 0 bridgehead atoms. The van der Waals surface area contributed by atoms with E-state index in [0.717, 1.165) is 25.7 Å². The molecule has 1 aromatic heterocycles. The number of anilines is 1. The van der Waals surface area contributed by atoms with E-state index in [0.29, 0.717) is 24.3 Å². The molecular weight excluding hydrogens is 361 g/mol. The Kier molecular flexibility index (Phi) is 3.84. The Morgan fingerprint density at radius 1 is 1.25 bits per heavy atom. The van der Waals surface area contributed by atoms with Crippen molar-refractivity contribution in [3.8, 4) is 0 Å². The topological polar surface area (TPSA) is 88.6 Å². The van der Waals surface area contributed by atoms with Gasteiger partial charge in [-0.2, -0.15) is 0 Å². The summed E-state index contributed by atoms with van der Waals surface area (Å²) in [4.78, 5) is 26.1. The van der Waals surface area contributed by atoms with Gasteiger partial charge in [-0.05, 0) is 43.4 Å². The summed E-state index contributed by atoms with van der Waals surface area (Å²) in [6.07, 6.45) is 7.39. The number of fused-ring (bicyclic) bond motifs is 2. The average molecular weight is 383 g/mol. The molecule has 6 nitrogen and oxygen atoms in total. The fourth-order valence-corrected chi connectivity index (χ4v) is 4.64. The highest BCUT2D eigenvalue weighted by Crippen LogP contribution is 2.39. The van der Waals surface area contributed by atoms with Gasteiger partial charge in [-0.3, -0.25) is 4.79 Å². The van der Waals surface area contributed by atoms with Crippen LogP contribution in [-0.4, -0.2) is 34.8 Å². The van der Waals surface area contributed by atoms with Crippen LogP contribution in [0, 0.1) is 11.7 Å². The number of benzene rings is 1. The zero-order valence-corrected chi connectivity index (χ0v) is 15.4. The van der Waals surface area contributed by atoms with E-state index in [-0.39, 0.29) is 29.0 Å². The minimum Gasteiger partial charge on any atom is -0.477 e. The van der Waals surface area contributed by atoms with Gasteiger partial charge in [-0.15, -0.1) is 0 Å². The van der Waals surface area contributed by atoms with E-state index < -0.39 is 17.2 Å². The van der Waals surface area contributed by atoms with Crippen molar-refractivity contribution in [1.82, 2.24) is 4.57 Å². The van der Waals surface area contributed by atoms with Gasteiger partial charge in [0.25, 0.3) is 0 Å². The third-order valence-corrected chi connectivity index (χ3v) is 6.30. The maximum atomic E-state index is 15.0. The highest BCUT2D eigenvalue weighted by atomic mass is 19.1. The summed E-state index contributed by atoms with van der Waals surface area (Å²) in [6, 6.07) is 3.17. The molecule has 2 fully saturated rings. The number of hydrogen-bond acceptors (Lipinski definition) is 4. The van der Waals surface area contributed by atoms with Crippen LogP contribution >= 0.6 is 0 Å². The summed E-state index contributed by atoms with van der Waals surface area (Å²) in [5, 5.41) is 9.48. The van der Waals surface area contributed by atoms with Gasteiger partial charge in [-0.25, -0.2) is 9.18 Å². The van der Waals surface area contributed by atoms with E-state index in [1.165, 1.54) is 17.8 Å². The lowest BCUT2D eigenvalue weighted by Gasteiger charge is -2.24. The van der Waals surface area contributed by atoms with Crippen molar-refractivity contribution in [3.05, 3.63) is 51.6 Å². The lowest BCUT2D eigenvalue weighted by molar-refractivity contribution is 0.0695. The summed E-state index contributed by atoms with van der Waals surface area (Å²) >= 11 is 0. The van der Waals surface area contributed by atoms with Crippen LogP contribution in [0.5, 0.6) is 0 Å². The van der Waals surface area contributed by atoms with Gasteiger partial charge in [0, 0.05) is 42.7 Å². The Balaban J connectivity index is 1.65. The summed E-state index contributed by atoms with van der Waals surface area (Å²) in [7, 11) is 0. The third kappa shape index (κ3) is 2.64. The number of carbonyl (C=O) groups is 1. The summed E-state index contributed by atoms with van der Waals surface area (Å²) in [6.45, 7) is 1.30. The molecule has 1 saturated carbocycles. The van der Waals surface area contributed by atoms with Crippen molar-refractivity contribution in [1.29, 1.82) is 0 Å². The number of rotatable bonds is 3. The van der Waals surface area contributed by atoms with Gasteiger partial charge >= 0.3 is 5.97 Å². The van der Waals surface area contributed by atoms with Crippen LogP contribution in [0.15, 0.2) is 34.8 Å². The van der Waals surface area contributed by atoms with Crippen LogP contribution in [0.2, 0.25) is 0 Å². The maximum absolute atomic E-state index is 15.0. The van der Waals surface area contributed by atoms with E-state index in [2.05, 4.69) is 6.08 Å². The smallest absolute Gasteiger partial charge is 0.341 e. The molecule has 2 heterocycles. The minimum absolute atomic E-state index is 0.0938. The highest BCUT2D eigenvalue weighted by molar-refractivity contribution is 5.93. The molecule has 2 aliphatic carbocycles. The van der Waals surface area contributed by atoms with E-state index in [1.54, 1.807) is 6.07 Å². The molecule has 2 atom stereocenters.